The van der Waals surface area contributed by atoms with Gasteiger partial charge in [0.1, 0.15) is 11.6 Å². The Labute approximate surface area is 106 Å². The van der Waals surface area contributed by atoms with Crippen LogP contribution >= 0.6 is 0 Å². The Bertz CT molecular complexity index is 463. The van der Waals surface area contributed by atoms with Gasteiger partial charge in [0.25, 0.3) is 5.91 Å². The number of nitrogens with zero attached hydrogens (tertiary/aromatic N) is 1. The number of amides is 1. The predicted molar refractivity (Wildman–Crippen MR) is 68.2 cm³/mol. The molecule has 5 heteroatoms. The summed E-state index contributed by atoms with van der Waals surface area (Å²) < 4.78 is 18.6. The Morgan fingerprint density at radius 3 is 2.94 bits per heavy atom. The van der Waals surface area contributed by atoms with Crippen LogP contribution in [0.25, 0.3) is 0 Å². The molecule has 2 rings (SSSR count). The summed E-state index contributed by atoms with van der Waals surface area (Å²) in [6.45, 7) is 2.68. The lowest BCUT2D eigenvalue weighted by Gasteiger charge is -2.29. The van der Waals surface area contributed by atoms with Crippen molar-refractivity contribution >= 4 is 17.3 Å². The van der Waals surface area contributed by atoms with Gasteiger partial charge in [-0.1, -0.05) is 19.8 Å². The number of unbranched alkanes of at least 4 members (excludes halogenated alkanes) is 2. The molecule has 18 heavy (non-hydrogen) atoms. The molecule has 0 aromatic heterocycles. The molecular formula is C13H17FN2O2. The van der Waals surface area contributed by atoms with Gasteiger partial charge < -0.3 is 15.4 Å². The van der Waals surface area contributed by atoms with Crippen molar-refractivity contribution in [2.75, 3.05) is 23.8 Å². The molecule has 1 amide bonds. The fourth-order valence-electron chi connectivity index (χ4n) is 2.00. The van der Waals surface area contributed by atoms with E-state index in [1.165, 1.54) is 12.1 Å². The minimum Gasteiger partial charge on any atom is -0.481 e. The van der Waals surface area contributed by atoms with E-state index >= 15 is 0 Å². The van der Waals surface area contributed by atoms with E-state index in [4.69, 9.17) is 10.5 Å². The van der Waals surface area contributed by atoms with Crippen molar-refractivity contribution in [3.63, 3.8) is 0 Å². The first-order valence-electron chi connectivity index (χ1n) is 6.15. The van der Waals surface area contributed by atoms with E-state index in [2.05, 4.69) is 6.92 Å². The van der Waals surface area contributed by atoms with Gasteiger partial charge in [-0.05, 0) is 12.5 Å². The second kappa shape index (κ2) is 5.25. The highest BCUT2D eigenvalue weighted by molar-refractivity contribution is 5.98. The van der Waals surface area contributed by atoms with Gasteiger partial charge in [0.2, 0.25) is 0 Å². The van der Waals surface area contributed by atoms with Gasteiger partial charge in [-0.3, -0.25) is 4.79 Å². The van der Waals surface area contributed by atoms with E-state index in [1.807, 2.05) is 0 Å². The van der Waals surface area contributed by atoms with Gasteiger partial charge in [-0.2, -0.15) is 0 Å². The number of nitrogen functional groups attached to an aromatic ring is 1. The summed E-state index contributed by atoms with van der Waals surface area (Å²) in [5.74, 6) is -0.237. The molecule has 0 saturated carbocycles. The number of benzene rings is 1. The summed E-state index contributed by atoms with van der Waals surface area (Å²) in [4.78, 5) is 13.4. The van der Waals surface area contributed by atoms with Crippen LogP contribution < -0.4 is 15.4 Å². The maximum absolute atomic E-state index is 13.3. The molecule has 1 aromatic rings. The lowest BCUT2D eigenvalue weighted by Crippen LogP contribution is -2.39. The number of carbonyl (C=O) groups is 1. The number of hydrogen-bond donors (Lipinski definition) is 1. The molecule has 0 spiro atoms. The van der Waals surface area contributed by atoms with E-state index in [-0.39, 0.29) is 18.2 Å². The molecule has 0 saturated heterocycles. The molecule has 1 aliphatic heterocycles. The summed E-state index contributed by atoms with van der Waals surface area (Å²) in [6.07, 6.45) is 3.05. The number of hydrogen-bond acceptors (Lipinski definition) is 3. The Kier molecular flexibility index (Phi) is 3.69. The molecule has 0 bridgehead atoms. The van der Waals surface area contributed by atoms with E-state index < -0.39 is 5.82 Å². The maximum atomic E-state index is 13.3. The number of ether oxygens (including phenoxy) is 1. The highest BCUT2D eigenvalue weighted by Gasteiger charge is 2.26. The Morgan fingerprint density at radius 2 is 2.22 bits per heavy atom. The minimum atomic E-state index is -0.517. The van der Waals surface area contributed by atoms with Crippen LogP contribution in [0.4, 0.5) is 15.8 Å². The highest BCUT2D eigenvalue weighted by Crippen LogP contribution is 2.35. The van der Waals surface area contributed by atoms with Gasteiger partial charge in [-0.25, -0.2) is 4.39 Å². The molecule has 0 aliphatic carbocycles. The zero-order chi connectivity index (χ0) is 13.1. The van der Waals surface area contributed by atoms with Gasteiger partial charge in [0, 0.05) is 12.6 Å². The topological polar surface area (TPSA) is 55.6 Å². The first-order chi connectivity index (χ1) is 8.63. The number of carbonyl (C=O) groups excluding carboxylic acids is 1. The van der Waals surface area contributed by atoms with Crippen molar-refractivity contribution in [1.29, 1.82) is 0 Å². The van der Waals surface area contributed by atoms with Crippen LogP contribution in [0, 0.1) is 5.82 Å². The molecule has 2 N–H and O–H groups in total. The molecule has 1 heterocycles. The second-order valence-corrected chi connectivity index (χ2v) is 4.38. The molecule has 1 aromatic carbocycles. The standard InChI is InChI=1S/C13H17FN2O2/c1-2-3-4-5-16-11-7-10(15)9(14)6-12(11)18-8-13(16)17/h6-7H,2-5,8,15H2,1H3. The average Bonchev–Trinajstić information content (AvgIpc) is 2.35. The summed E-state index contributed by atoms with van der Waals surface area (Å²) in [5.41, 5.74) is 6.14. The third-order valence-electron chi connectivity index (χ3n) is 3.01. The third kappa shape index (κ3) is 2.39. The van der Waals surface area contributed by atoms with Gasteiger partial charge in [-0.15, -0.1) is 0 Å². The molecule has 0 radical (unpaired) electrons. The predicted octanol–water partition coefficient (Wildman–Crippen LogP) is 2.32. The van der Waals surface area contributed by atoms with E-state index in [0.717, 1.165) is 19.3 Å². The molecular weight excluding hydrogens is 235 g/mol. The van der Waals surface area contributed by atoms with E-state index in [0.29, 0.717) is 18.0 Å². The smallest absolute Gasteiger partial charge is 0.265 e. The average molecular weight is 252 g/mol. The summed E-state index contributed by atoms with van der Waals surface area (Å²) in [7, 11) is 0. The fraction of sp³-hybridized carbons (Fsp3) is 0.462. The Morgan fingerprint density at radius 1 is 1.44 bits per heavy atom. The van der Waals surface area contributed by atoms with Crippen LogP contribution in [0.2, 0.25) is 0 Å². The number of rotatable bonds is 4. The van der Waals surface area contributed by atoms with Gasteiger partial charge >= 0.3 is 0 Å². The van der Waals surface area contributed by atoms with Gasteiger partial charge in [0.05, 0.1) is 11.4 Å². The number of nitrogens with two attached hydrogens (primary N) is 1. The van der Waals surface area contributed by atoms with Crippen LogP contribution in [0.3, 0.4) is 0 Å². The SMILES string of the molecule is CCCCCN1C(=O)COc2cc(F)c(N)cc21. The van der Waals surface area contributed by atoms with Crippen molar-refractivity contribution in [3.8, 4) is 5.75 Å². The molecule has 1 aliphatic rings. The zero-order valence-corrected chi connectivity index (χ0v) is 10.4. The Balaban J connectivity index is 2.26. The van der Waals surface area contributed by atoms with E-state index in [9.17, 15) is 9.18 Å². The monoisotopic (exact) mass is 252 g/mol. The first-order valence-corrected chi connectivity index (χ1v) is 6.15. The second-order valence-electron chi connectivity index (χ2n) is 4.38. The summed E-state index contributed by atoms with van der Waals surface area (Å²) in [6, 6.07) is 2.71. The summed E-state index contributed by atoms with van der Waals surface area (Å²) >= 11 is 0. The quantitative estimate of drug-likeness (QED) is 0.661. The molecule has 98 valence electrons. The van der Waals surface area contributed by atoms with Crippen molar-refractivity contribution in [1.82, 2.24) is 0 Å². The normalized spacial score (nSPS) is 14.3. The maximum Gasteiger partial charge on any atom is 0.265 e. The first kappa shape index (κ1) is 12.7. The van der Waals surface area contributed by atoms with Crippen LogP contribution in [0.15, 0.2) is 12.1 Å². The minimum absolute atomic E-state index is 0.0348. The number of anilines is 2. The highest BCUT2D eigenvalue weighted by atomic mass is 19.1. The molecule has 0 fully saturated rings. The van der Waals surface area contributed by atoms with Crippen molar-refractivity contribution in [3.05, 3.63) is 17.9 Å². The zero-order valence-electron chi connectivity index (χ0n) is 10.4. The third-order valence-corrected chi connectivity index (χ3v) is 3.01. The number of fused-ring (bicyclic) bond motifs is 1. The lowest BCUT2D eigenvalue weighted by molar-refractivity contribution is -0.121. The van der Waals surface area contributed by atoms with Crippen LogP contribution in [0.5, 0.6) is 5.75 Å². The van der Waals surface area contributed by atoms with Crippen LogP contribution in [-0.2, 0) is 4.79 Å². The molecule has 0 atom stereocenters. The number of halogens is 1. The Hall–Kier alpha value is -1.78. The van der Waals surface area contributed by atoms with Crippen molar-refractivity contribution < 1.29 is 13.9 Å². The lowest BCUT2D eigenvalue weighted by atomic mass is 10.1. The van der Waals surface area contributed by atoms with Crippen LogP contribution in [-0.4, -0.2) is 19.1 Å². The molecule has 4 nitrogen and oxygen atoms in total. The van der Waals surface area contributed by atoms with Crippen molar-refractivity contribution in [2.24, 2.45) is 0 Å². The molecule has 0 unspecified atom stereocenters. The van der Waals surface area contributed by atoms with Gasteiger partial charge in [0.15, 0.2) is 6.61 Å². The van der Waals surface area contributed by atoms with Crippen molar-refractivity contribution in [2.45, 2.75) is 26.2 Å². The summed E-state index contributed by atoms with van der Waals surface area (Å²) in [5, 5.41) is 0. The van der Waals surface area contributed by atoms with Crippen LogP contribution in [0.1, 0.15) is 26.2 Å². The fourth-order valence-corrected chi connectivity index (χ4v) is 2.00. The van der Waals surface area contributed by atoms with E-state index in [1.54, 1.807) is 4.90 Å². The largest absolute Gasteiger partial charge is 0.481 e.